The molecule has 0 aliphatic carbocycles. The third kappa shape index (κ3) is 3.07. The van der Waals surface area contributed by atoms with Gasteiger partial charge in [0.2, 0.25) is 0 Å². The molecule has 84 valence electrons. The number of nitro groups is 1. The zero-order valence-electron chi connectivity index (χ0n) is 9.41. The Kier molecular flexibility index (Phi) is 4.49. The van der Waals surface area contributed by atoms with Crippen molar-refractivity contribution in [3.63, 3.8) is 0 Å². The van der Waals surface area contributed by atoms with Crippen molar-refractivity contribution in [2.75, 3.05) is 13.6 Å². The molecule has 0 fully saturated rings. The van der Waals surface area contributed by atoms with Crippen molar-refractivity contribution < 1.29 is 4.92 Å². The molecule has 0 atom stereocenters. The van der Waals surface area contributed by atoms with Gasteiger partial charge in [-0.25, -0.2) is 0 Å². The Morgan fingerprint density at radius 2 is 2.25 bits per heavy atom. The third-order valence-corrected chi connectivity index (χ3v) is 2.14. The fourth-order valence-electron chi connectivity index (χ4n) is 1.35. The molecule has 0 amide bonds. The molecule has 1 rings (SSSR count). The van der Waals surface area contributed by atoms with Crippen LogP contribution in [0.25, 0.3) is 0 Å². The van der Waals surface area contributed by atoms with Crippen LogP contribution in [0.2, 0.25) is 0 Å². The number of rotatable bonds is 3. The Hall–Kier alpha value is -1.86. The van der Waals surface area contributed by atoms with Gasteiger partial charge in [0.15, 0.2) is 0 Å². The quantitative estimate of drug-likeness (QED) is 0.364. The number of aryl methyl sites for hydroxylation is 1. The molecule has 4 nitrogen and oxygen atoms in total. The molecular formula is C12H14N2O2. The van der Waals surface area contributed by atoms with E-state index in [1.54, 1.807) is 25.1 Å². The lowest BCUT2D eigenvalue weighted by atomic mass is 10.1. The number of benzene rings is 1. The van der Waals surface area contributed by atoms with Gasteiger partial charge in [-0.15, -0.1) is 0 Å². The highest BCUT2D eigenvalue weighted by atomic mass is 16.6. The minimum absolute atomic E-state index is 0.111. The maximum Gasteiger partial charge on any atom is 0.287 e. The fraction of sp³-hybridized carbons (Fsp3) is 0.333. The van der Waals surface area contributed by atoms with E-state index in [0.717, 1.165) is 6.54 Å². The van der Waals surface area contributed by atoms with Crippen LogP contribution in [0, 0.1) is 28.9 Å². The molecule has 0 saturated heterocycles. The van der Waals surface area contributed by atoms with Gasteiger partial charge in [0.05, 0.1) is 4.92 Å². The molecule has 1 aromatic carbocycles. The van der Waals surface area contributed by atoms with E-state index in [4.69, 9.17) is 0 Å². The van der Waals surface area contributed by atoms with E-state index in [-0.39, 0.29) is 10.6 Å². The van der Waals surface area contributed by atoms with Gasteiger partial charge in [0, 0.05) is 18.5 Å². The zero-order valence-corrected chi connectivity index (χ0v) is 9.41. The van der Waals surface area contributed by atoms with Crippen molar-refractivity contribution in [2.45, 2.75) is 13.3 Å². The van der Waals surface area contributed by atoms with Crippen LogP contribution in [0.5, 0.6) is 0 Å². The molecule has 0 aliphatic heterocycles. The molecule has 1 aromatic rings. The lowest BCUT2D eigenvalue weighted by Crippen LogP contribution is -2.05. The lowest BCUT2D eigenvalue weighted by molar-refractivity contribution is -0.385. The lowest BCUT2D eigenvalue weighted by Gasteiger charge is -1.98. The topological polar surface area (TPSA) is 55.2 Å². The van der Waals surface area contributed by atoms with Gasteiger partial charge in [-0.3, -0.25) is 10.1 Å². The maximum absolute atomic E-state index is 10.9. The van der Waals surface area contributed by atoms with Crippen molar-refractivity contribution in [2.24, 2.45) is 0 Å². The first-order valence-corrected chi connectivity index (χ1v) is 5.04. The second kappa shape index (κ2) is 5.89. The van der Waals surface area contributed by atoms with Crippen molar-refractivity contribution in [1.82, 2.24) is 5.32 Å². The first-order chi connectivity index (χ1) is 7.66. The van der Waals surface area contributed by atoms with Crippen LogP contribution in [-0.4, -0.2) is 18.5 Å². The first kappa shape index (κ1) is 12.2. The van der Waals surface area contributed by atoms with Gasteiger partial charge < -0.3 is 5.32 Å². The summed E-state index contributed by atoms with van der Waals surface area (Å²) in [5.74, 6) is 5.75. The van der Waals surface area contributed by atoms with Crippen molar-refractivity contribution >= 4 is 5.69 Å². The molecule has 0 heterocycles. The fourth-order valence-corrected chi connectivity index (χ4v) is 1.35. The standard InChI is InChI=1S/C12H14N2O2/c1-10-6-5-8-11(12(10)14(15)16)7-3-4-9-13-2/h5-6,8,13H,4,9H2,1-2H3. The number of nitro benzene ring substituents is 1. The third-order valence-electron chi connectivity index (χ3n) is 2.14. The Morgan fingerprint density at radius 3 is 2.88 bits per heavy atom. The van der Waals surface area contributed by atoms with Gasteiger partial charge in [-0.05, 0) is 20.0 Å². The molecule has 1 N–H and O–H groups in total. The zero-order chi connectivity index (χ0) is 12.0. The Bertz CT molecular complexity index is 444. The number of hydrogen-bond donors (Lipinski definition) is 1. The molecule has 0 saturated carbocycles. The molecule has 0 bridgehead atoms. The van der Waals surface area contributed by atoms with Gasteiger partial charge in [0.1, 0.15) is 5.56 Å². The van der Waals surface area contributed by atoms with E-state index in [2.05, 4.69) is 17.2 Å². The molecule has 16 heavy (non-hydrogen) atoms. The van der Waals surface area contributed by atoms with Crippen LogP contribution in [0.4, 0.5) is 5.69 Å². The average Bonchev–Trinajstić information content (AvgIpc) is 2.24. The summed E-state index contributed by atoms with van der Waals surface area (Å²) in [6, 6.07) is 5.18. The van der Waals surface area contributed by atoms with Crippen LogP contribution in [0.3, 0.4) is 0 Å². The molecular weight excluding hydrogens is 204 g/mol. The van der Waals surface area contributed by atoms with Gasteiger partial charge in [-0.1, -0.05) is 24.0 Å². The van der Waals surface area contributed by atoms with Crippen LogP contribution < -0.4 is 5.32 Å². The smallest absolute Gasteiger partial charge is 0.287 e. The van der Waals surface area contributed by atoms with Gasteiger partial charge in [-0.2, -0.15) is 0 Å². The Labute approximate surface area is 94.8 Å². The molecule has 4 heteroatoms. The van der Waals surface area contributed by atoms with Crippen molar-refractivity contribution in [3.05, 3.63) is 39.4 Å². The van der Waals surface area contributed by atoms with Crippen LogP contribution in [0.1, 0.15) is 17.5 Å². The second-order valence-corrected chi connectivity index (χ2v) is 3.38. The maximum atomic E-state index is 10.9. The summed E-state index contributed by atoms with van der Waals surface area (Å²) in [5.41, 5.74) is 1.24. The second-order valence-electron chi connectivity index (χ2n) is 3.38. The van der Waals surface area contributed by atoms with Crippen molar-refractivity contribution in [3.8, 4) is 11.8 Å². The molecule has 0 unspecified atom stereocenters. The average molecular weight is 218 g/mol. The summed E-state index contributed by atoms with van der Waals surface area (Å²) in [5, 5.41) is 13.8. The highest BCUT2D eigenvalue weighted by Crippen LogP contribution is 2.21. The van der Waals surface area contributed by atoms with Crippen LogP contribution in [0.15, 0.2) is 18.2 Å². The van der Waals surface area contributed by atoms with E-state index in [1.165, 1.54) is 0 Å². The Balaban J connectivity index is 2.98. The molecule has 0 spiro atoms. The highest BCUT2D eigenvalue weighted by molar-refractivity contribution is 5.55. The van der Waals surface area contributed by atoms with Gasteiger partial charge in [0.25, 0.3) is 5.69 Å². The van der Waals surface area contributed by atoms with E-state index in [9.17, 15) is 10.1 Å². The van der Waals surface area contributed by atoms with E-state index >= 15 is 0 Å². The summed E-state index contributed by atoms with van der Waals surface area (Å²) in [6.45, 7) is 2.50. The van der Waals surface area contributed by atoms with Crippen LogP contribution >= 0.6 is 0 Å². The normalized spacial score (nSPS) is 9.38. The van der Waals surface area contributed by atoms with Gasteiger partial charge >= 0.3 is 0 Å². The number of para-hydroxylation sites is 1. The van der Waals surface area contributed by atoms with E-state index < -0.39 is 0 Å². The SMILES string of the molecule is CNCCC#Cc1cccc(C)c1[N+](=O)[O-]. The summed E-state index contributed by atoms with van der Waals surface area (Å²) >= 11 is 0. The Morgan fingerprint density at radius 1 is 1.50 bits per heavy atom. The summed E-state index contributed by atoms with van der Waals surface area (Å²) in [4.78, 5) is 10.5. The van der Waals surface area contributed by atoms with E-state index in [1.807, 2.05) is 7.05 Å². The number of nitrogens with one attached hydrogen (secondary N) is 1. The summed E-state index contributed by atoms with van der Waals surface area (Å²) in [6.07, 6.45) is 0.682. The predicted octanol–water partition coefficient (Wildman–Crippen LogP) is 1.86. The first-order valence-electron chi connectivity index (χ1n) is 5.04. The summed E-state index contributed by atoms with van der Waals surface area (Å²) < 4.78 is 0. The minimum atomic E-state index is -0.378. The minimum Gasteiger partial charge on any atom is -0.319 e. The van der Waals surface area contributed by atoms with Crippen molar-refractivity contribution in [1.29, 1.82) is 0 Å². The van der Waals surface area contributed by atoms with Crippen LogP contribution in [-0.2, 0) is 0 Å². The number of nitrogens with zero attached hydrogens (tertiary/aromatic N) is 1. The predicted molar refractivity (Wildman–Crippen MR) is 63.3 cm³/mol. The summed E-state index contributed by atoms with van der Waals surface area (Å²) in [7, 11) is 1.84. The monoisotopic (exact) mass is 218 g/mol. The molecule has 0 radical (unpaired) electrons. The largest absolute Gasteiger partial charge is 0.319 e. The molecule has 0 aromatic heterocycles. The number of hydrogen-bond acceptors (Lipinski definition) is 3. The molecule has 0 aliphatic rings. The van der Waals surface area contributed by atoms with E-state index in [0.29, 0.717) is 17.5 Å². The highest BCUT2D eigenvalue weighted by Gasteiger charge is 2.14.